The number of ether oxygens (including phenoxy) is 1. The zero-order valence-electron chi connectivity index (χ0n) is 20.5. The number of aromatic nitrogens is 1. The van der Waals surface area contributed by atoms with Crippen LogP contribution in [0.15, 0.2) is 91.1 Å². The molecule has 1 aliphatic heterocycles. The lowest BCUT2D eigenvalue weighted by atomic mass is 9.97. The van der Waals surface area contributed by atoms with Gasteiger partial charge in [-0.1, -0.05) is 47.5 Å². The van der Waals surface area contributed by atoms with E-state index in [2.05, 4.69) is 4.57 Å². The number of carbonyl (C=O) groups excluding carboxylic acids is 2. The molecule has 0 bridgehead atoms. The second kappa shape index (κ2) is 10.2. The van der Waals surface area contributed by atoms with Crippen LogP contribution < -0.4 is 9.64 Å². The molecule has 2 aliphatic rings. The minimum atomic E-state index is -0.369. The normalized spacial score (nSPS) is 15.9. The highest BCUT2D eigenvalue weighted by molar-refractivity contribution is 6.30. The maximum Gasteiger partial charge on any atom is 0.261 e. The smallest absolute Gasteiger partial charge is 0.261 e. The number of amides is 2. The van der Waals surface area contributed by atoms with E-state index < -0.39 is 0 Å². The van der Waals surface area contributed by atoms with E-state index >= 15 is 0 Å². The topological polar surface area (TPSA) is 54.8 Å². The van der Waals surface area contributed by atoms with Crippen molar-refractivity contribution in [3.63, 3.8) is 0 Å². The zero-order chi connectivity index (χ0) is 26.2. The van der Waals surface area contributed by atoms with E-state index in [1.165, 1.54) is 0 Å². The molecule has 192 valence electrons. The first kappa shape index (κ1) is 24.6. The molecule has 3 aromatic carbocycles. The molecule has 1 aromatic heterocycles. The van der Waals surface area contributed by atoms with Gasteiger partial charge in [0.05, 0.1) is 17.1 Å². The van der Waals surface area contributed by atoms with E-state index in [0.717, 1.165) is 35.5 Å². The molecular weight excluding hydrogens is 521 g/mol. The highest BCUT2D eigenvalue weighted by Gasteiger charge is 2.40. The average molecular weight is 546 g/mol. The maximum atomic E-state index is 14.1. The van der Waals surface area contributed by atoms with Crippen LogP contribution in [0.2, 0.25) is 10.0 Å². The van der Waals surface area contributed by atoms with Gasteiger partial charge in [0.15, 0.2) is 6.61 Å². The number of rotatable bonds is 7. The predicted octanol–water partition coefficient (Wildman–Crippen LogP) is 6.29. The summed E-state index contributed by atoms with van der Waals surface area (Å²) in [7, 11) is 0. The molecule has 1 unspecified atom stereocenters. The van der Waals surface area contributed by atoms with Gasteiger partial charge >= 0.3 is 0 Å². The van der Waals surface area contributed by atoms with Gasteiger partial charge in [0.25, 0.3) is 5.91 Å². The SMILES string of the molecule is O=C(COc1ccc(Cl)cc1)N(CC(=O)N1c2ccccc2-n2cccc2C1c1ccc(Cl)cc1)C1CC1. The van der Waals surface area contributed by atoms with Gasteiger partial charge in [0, 0.05) is 22.3 Å². The van der Waals surface area contributed by atoms with Gasteiger partial charge in [-0.05, 0) is 79.1 Å². The Morgan fingerprint density at radius 1 is 0.842 bits per heavy atom. The van der Waals surface area contributed by atoms with E-state index in [4.69, 9.17) is 27.9 Å². The van der Waals surface area contributed by atoms with E-state index in [1.807, 2.05) is 71.8 Å². The quantitative estimate of drug-likeness (QED) is 0.274. The molecule has 2 amide bonds. The van der Waals surface area contributed by atoms with Gasteiger partial charge in [-0.3, -0.25) is 14.5 Å². The molecule has 4 aromatic rings. The van der Waals surface area contributed by atoms with Crippen molar-refractivity contribution in [3.05, 3.63) is 112 Å². The molecule has 2 heterocycles. The van der Waals surface area contributed by atoms with Crippen LogP contribution in [0.3, 0.4) is 0 Å². The van der Waals surface area contributed by atoms with Crippen LogP contribution in [0.4, 0.5) is 5.69 Å². The van der Waals surface area contributed by atoms with Crippen LogP contribution in [-0.4, -0.2) is 40.5 Å². The van der Waals surface area contributed by atoms with E-state index in [0.29, 0.717) is 15.8 Å². The van der Waals surface area contributed by atoms with Crippen LogP contribution in [0.1, 0.15) is 30.1 Å². The number of halogens is 2. The minimum Gasteiger partial charge on any atom is -0.484 e. The number of anilines is 1. The number of nitrogens with zero attached hydrogens (tertiary/aromatic N) is 3. The second-order valence-corrected chi connectivity index (χ2v) is 10.4. The van der Waals surface area contributed by atoms with Crippen molar-refractivity contribution in [1.29, 1.82) is 0 Å². The lowest BCUT2D eigenvalue weighted by Crippen LogP contribution is -2.48. The Morgan fingerprint density at radius 3 is 2.18 bits per heavy atom. The summed E-state index contributed by atoms with van der Waals surface area (Å²) >= 11 is 12.1. The zero-order valence-corrected chi connectivity index (χ0v) is 22.0. The number of hydrogen-bond acceptors (Lipinski definition) is 3. The van der Waals surface area contributed by atoms with Crippen LogP contribution >= 0.6 is 23.2 Å². The first-order valence-corrected chi connectivity index (χ1v) is 13.3. The van der Waals surface area contributed by atoms with Crippen molar-refractivity contribution in [1.82, 2.24) is 9.47 Å². The van der Waals surface area contributed by atoms with Crippen LogP contribution in [-0.2, 0) is 9.59 Å². The summed E-state index contributed by atoms with van der Waals surface area (Å²) in [6.45, 7) is -0.182. The van der Waals surface area contributed by atoms with Gasteiger partial charge in [0.2, 0.25) is 5.91 Å². The van der Waals surface area contributed by atoms with Crippen molar-refractivity contribution >= 4 is 40.7 Å². The second-order valence-electron chi connectivity index (χ2n) is 9.51. The van der Waals surface area contributed by atoms with Crippen LogP contribution in [0, 0.1) is 0 Å². The summed E-state index contributed by atoms with van der Waals surface area (Å²) in [6, 6.07) is 25.9. The van der Waals surface area contributed by atoms with Crippen molar-refractivity contribution in [2.45, 2.75) is 24.9 Å². The average Bonchev–Trinajstić information content (AvgIpc) is 3.66. The Balaban J connectivity index is 1.30. The number of hydrogen-bond donors (Lipinski definition) is 0. The summed E-state index contributed by atoms with van der Waals surface area (Å²) in [5.41, 5.74) is 3.62. The summed E-state index contributed by atoms with van der Waals surface area (Å²) in [5, 5.41) is 1.22. The first-order valence-electron chi connectivity index (χ1n) is 12.5. The van der Waals surface area contributed by atoms with Gasteiger partial charge in [-0.15, -0.1) is 0 Å². The fourth-order valence-corrected chi connectivity index (χ4v) is 5.26. The molecule has 0 N–H and O–H groups in total. The van der Waals surface area contributed by atoms with Gasteiger partial charge in [-0.25, -0.2) is 0 Å². The van der Waals surface area contributed by atoms with Gasteiger partial charge < -0.3 is 14.2 Å². The Bertz CT molecular complexity index is 1480. The largest absolute Gasteiger partial charge is 0.484 e. The standard InChI is InChI=1S/C30H25Cl2N3O3/c31-21-9-7-20(8-10-21)30-27-6-3-17-33(27)25-4-1-2-5-26(25)35(30)28(36)18-34(23-13-14-23)29(37)19-38-24-15-11-22(32)12-16-24/h1-12,15-17,23,30H,13-14,18-19H2. The maximum absolute atomic E-state index is 14.1. The summed E-state index contributed by atoms with van der Waals surface area (Å²) < 4.78 is 7.83. The monoisotopic (exact) mass is 545 g/mol. The molecule has 6 rings (SSSR count). The molecule has 6 nitrogen and oxygen atoms in total. The highest BCUT2D eigenvalue weighted by Crippen LogP contribution is 2.42. The van der Waals surface area contributed by atoms with E-state index in [1.54, 1.807) is 29.2 Å². The molecule has 0 radical (unpaired) electrons. The summed E-state index contributed by atoms with van der Waals surface area (Å²) in [4.78, 5) is 30.9. The Morgan fingerprint density at radius 2 is 1.50 bits per heavy atom. The van der Waals surface area contributed by atoms with E-state index in [9.17, 15) is 9.59 Å². The molecule has 0 saturated heterocycles. The molecule has 0 spiro atoms. The molecule has 1 fully saturated rings. The highest BCUT2D eigenvalue weighted by atomic mass is 35.5. The fourth-order valence-electron chi connectivity index (χ4n) is 5.01. The van der Waals surface area contributed by atoms with Gasteiger partial charge in [0.1, 0.15) is 18.3 Å². The lowest BCUT2D eigenvalue weighted by molar-refractivity contribution is -0.137. The third kappa shape index (κ3) is 4.77. The molecule has 8 heteroatoms. The number of fused-ring (bicyclic) bond motifs is 3. The number of carbonyl (C=O) groups is 2. The molecule has 38 heavy (non-hydrogen) atoms. The van der Waals surface area contributed by atoms with Gasteiger partial charge in [-0.2, -0.15) is 0 Å². The Hall–Kier alpha value is -3.74. The first-order chi connectivity index (χ1) is 18.5. The van der Waals surface area contributed by atoms with Crippen LogP contribution in [0.5, 0.6) is 5.75 Å². The Kier molecular flexibility index (Phi) is 6.60. The molecule has 1 atom stereocenters. The lowest BCUT2D eigenvalue weighted by Gasteiger charge is -2.39. The fraction of sp³-hybridized carbons (Fsp3) is 0.200. The predicted molar refractivity (Wildman–Crippen MR) is 148 cm³/mol. The van der Waals surface area contributed by atoms with Crippen molar-refractivity contribution in [3.8, 4) is 11.4 Å². The Labute approximate surface area is 230 Å². The minimum absolute atomic E-state index is 0.0351. The third-order valence-electron chi connectivity index (χ3n) is 6.96. The number of para-hydroxylation sites is 2. The van der Waals surface area contributed by atoms with Crippen molar-refractivity contribution in [2.24, 2.45) is 0 Å². The molecule has 1 aliphatic carbocycles. The summed E-state index contributed by atoms with van der Waals surface area (Å²) in [5.74, 6) is 0.183. The third-order valence-corrected chi connectivity index (χ3v) is 7.47. The van der Waals surface area contributed by atoms with Crippen LogP contribution in [0.25, 0.3) is 5.69 Å². The molecule has 1 saturated carbocycles. The van der Waals surface area contributed by atoms with E-state index in [-0.39, 0.29) is 37.0 Å². The summed E-state index contributed by atoms with van der Waals surface area (Å²) in [6.07, 6.45) is 3.76. The van der Waals surface area contributed by atoms with Crippen molar-refractivity contribution in [2.75, 3.05) is 18.1 Å². The molecular formula is C30H25Cl2N3O3. The van der Waals surface area contributed by atoms with Crippen molar-refractivity contribution < 1.29 is 14.3 Å². The number of benzene rings is 3.